The molecule has 0 bridgehead atoms. The molecule has 3 aromatic rings. The Balaban J connectivity index is 2.05. The third-order valence-electron chi connectivity index (χ3n) is 3.33. The van der Waals surface area contributed by atoms with Crippen molar-refractivity contribution in [2.24, 2.45) is 0 Å². The molecule has 0 aliphatic heterocycles. The molecule has 0 saturated carbocycles. The molecule has 0 saturated heterocycles. The van der Waals surface area contributed by atoms with Gasteiger partial charge in [0.05, 0.1) is 34.6 Å². The van der Waals surface area contributed by atoms with Crippen LogP contribution in [-0.2, 0) is 0 Å². The molecule has 23 heavy (non-hydrogen) atoms. The van der Waals surface area contributed by atoms with Gasteiger partial charge < -0.3 is 10.1 Å². The van der Waals surface area contributed by atoms with E-state index >= 15 is 0 Å². The number of aryl methyl sites for hydroxylation is 1. The van der Waals surface area contributed by atoms with E-state index in [0.29, 0.717) is 27.0 Å². The van der Waals surface area contributed by atoms with Crippen LogP contribution in [0.15, 0.2) is 33.2 Å². The number of hydrogen-bond donors (Lipinski definition) is 1. The van der Waals surface area contributed by atoms with Crippen LogP contribution in [0, 0.1) is 6.92 Å². The van der Waals surface area contributed by atoms with Crippen LogP contribution in [0.25, 0.3) is 11.0 Å². The van der Waals surface area contributed by atoms with Crippen LogP contribution in [0.5, 0.6) is 5.75 Å². The van der Waals surface area contributed by atoms with Gasteiger partial charge in [-0.1, -0.05) is 22.0 Å². The molecule has 0 atom stereocenters. The number of anilines is 1. The van der Waals surface area contributed by atoms with E-state index in [9.17, 15) is 4.79 Å². The van der Waals surface area contributed by atoms with Gasteiger partial charge in [0.2, 0.25) is 0 Å². The molecule has 3 rings (SSSR count). The molecule has 1 aromatic heterocycles. The smallest absolute Gasteiger partial charge is 0.259 e. The predicted molar refractivity (Wildman–Crippen MR) is 98.5 cm³/mol. The highest BCUT2D eigenvalue weighted by molar-refractivity contribution is 9.11. The van der Waals surface area contributed by atoms with Gasteiger partial charge in [-0.05, 0) is 46.6 Å². The van der Waals surface area contributed by atoms with Gasteiger partial charge in [0, 0.05) is 4.47 Å². The van der Waals surface area contributed by atoms with Gasteiger partial charge in [0.1, 0.15) is 16.8 Å². The van der Waals surface area contributed by atoms with Crippen LogP contribution >= 0.6 is 43.6 Å². The first-order valence-electron chi connectivity index (χ1n) is 6.57. The van der Waals surface area contributed by atoms with Crippen molar-refractivity contribution < 1.29 is 9.53 Å². The molecule has 8 heteroatoms. The van der Waals surface area contributed by atoms with E-state index in [1.165, 1.54) is 7.11 Å². The van der Waals surface area contributed by atoms with Crippen molar-refractivity contribution >= 4 is 66.2 Å². The van der Waals surface area contributed by atoms with Gasteiger partial charge in [-0.25, -0.2) is 0 Å². The quantitative estimate of drug-likeness (QED) is 0.615. The fourth-order valence-corrected chi connectivity index (χ4v) is 4.16. The van der Waals surface area contributed by atoms with Crippen molar-refractivity contribution in [3.63, 3.8) is 0 Å². The molecule has 118 valence electrons. The highest BCUT2D eigenvalue weighted by Gasteiger charge is 2.19. The first-order chi connectivity index (χ1) is 11.0. The Kier molecular flexibility index (Phi) is 4.65. The van der Waals surface area contributed by atoms with Crippen LogP contribution in [0.2, 0.25) is 0 Å². The summed E-state index contributed by atoms with van der Waals surface area (Å²) in [6.45, 7) is 1.92. The Morgan fingerprint density at radius 1 is 1.26 bits per heavy atom. The minimum atomic E-state index is -0.271. The number of aromatic nitrogens is 2. The largest absolute Gasteiger partial charge is 0.495 e. The number of methoxy groups -OCH3 is 1. The molecule has 0 fully saturated rings. The zero-order chi connectivity index (χ0) is 16.6. The maximum atomic E-state index is 12.7. The Bertz CT molecular complexity index is 911. The normalized spacial score (nSPS) is 10.8. The third-order valence-corrected chi connectivity index (χ3v) is 4.92. The highest BCUT2D eigenvalue weighted by Crippen LogP contribution is 2.34. The number of benzene rings is 2. The van der Waals surface area contributed by atoms with Crippen molar-refractivity contribution in [3.8, 4) is 5.75 Å². The Labute approximate surface area is 153 Å². The topological polar surface area (TPSA) is 64.1 Å². The molecule has 2 aromatic carbocycles. The second-order valence-electron chi connectivity index (χ2n) is 4.81. The number of nitrogens with zero attached hydrogens (tertiary/aromatic N) is 2. The second-order valence-corrected chi connectivity index (χ2v) is 7.11. The zero-order valence-electron chi connectivity index (χ0n) is 12.2. The van der Waals surface area contributed by atoms with Gasteiger partial charge in [0.15, 0.2) is 0 Å². The number of carbonyl (C=O) groups is 1. The summed E-state index contributed by atoms with van der Waals surface area (Å²) in [5.74, 6) is 0.208. The minimum absolute atomic E-state index is 0.271. The van der Waals surface area contributed by atoms with Gasteiger partial charge >= 0.3 is 0 Å². The number of amides is 1. The lowest BCUT2D eigenvalue weighted by Crippen LogP contribution is -2.14. The fraction of sp³-hybridized carbons (Fsp3) is 0.133. The predicted octanol–water partition coefficient (Wildman–Crippen LogP) is 4.79. The summed E-state index contributed by atoms with van der Waals surface area (Å²) >= 11 is 7.92. The van der Waals surface area contributed by atoms with Crippen LogP contribution in [-0.4, -0.2) is 21.8 Å². The standard InChI is InChI=1S/C15H11Br2N3O2S/c1-7-3-4-11-13(20-23-19-11)12(7)18-15(21)9-5-8(16)6-10(17)14(9)22-2/h3-6H,1-2H3,(H,18,21). The van der Waals surface area contributed by atoms with Crippen LogP contribution in [0.4, 0.5) is 5.69 Å². The number of halogens is 2. The number of ether oxygens (including phenoxy) is 1. The molecule has 0 spiro atoms. The summed E-state index contributed by atoms with van der Waals surface area (Å²) in [6.07, 6.45) is 0. The monoisotopic (exact) mass is 455 g/mol. The number of nitrogens with one attached hydrogen (secondary N) is 1. The maximum absolute atomic E-state index is 12.7. The minimum Gasteiger partial charge on any atom is -0.495 e. The van der Waals surface area contributed by atoms with E-state index in [0.717, 1.165) is 27.3 Å². The molecule has 1 N–H and O–H groups in total. The molecular formula is C15H11Br2N3O2S. The van der Waals surface area contributed by atoms with E-state index in [4.69, 9.17) is 4.74 Å². The molecule has 1 heterocycles. The first kappa shape index (κ1) is 16.4. The summed E-state index contributed by atoms with van der Waals surface area (Å²) < 4.78 is 15.3. The number of rotatable bonds is 3. The van der Waals surface area contributed by atoms with Crippen LogP contribution in [0.3, 0.4) is 0 Å². The lowest BCUT2D eigenvalue weighted by molar-refractivity contribution is 0.102. The van der Waals surface area contributed by atoms with E-state index in [-0.39, 0.29) is 5.91 Å². The van der Waals surface area contributed by atoms with Crippen molar-refractivity contribution in [1.82, 2.24) is 8.75 Å². The summed E-state index contributed by atoms with van der Waals surface area (Å²) in [6, 6.07) is 7.34. The average molecular weight is 457 g/mol. The van der Waals surface area contributed by atoms with E-state index < -0.39 is 0 Å². The Morgan fingerprint density at radius 2 is 2.04 bits per heavy atom. The zero-order valence-corrected chi connectivity index (χ0v) is 16.2. The van der Waals surface area contributed by atoms with Crippen molar-refractivity contribution in [2.75, 3.05) is 12.4 Å². The lowest BCUT2D eigenvalue weighted by atomic mass is 10.1. The Hall–Kier alpha value is -1.51. The molecule has 0 unspecified atom stereocenters. The van der Waals surface area contributed by atoms with E-state index in [1.807, 2.05) is 25.1 Å². The van der Waals surface area contributed by atoms with Crippen molar-refractivity contribution in [2.45, 2.75) is 6.92 Å². The molecular weight excluding hydrogens is 446 g/mol. The van der Waals surface area contributed by atoms with Crippen molar-refractivity contribution in [3.05, 3.63) is 44.3 Å². The summed E-state index contributed by atoms with van der Waals surface area (Å²) in [5.41, 5.74) is 3.47. The van der Waals surface area contributed by atoms with Gasteiger partial charge in [-0.3, -0.25) is 4.79 Å². The second kappa shape index (κ2) is 6.54. The summed E-state index contributed by atoms with van der Waals surface area (Å²) in [4.78, 5) is 12.7. The third kappa shape index (κ3) is 3.11. The number of carbonyl (C=O) groups excluding carboxylic acids is 1. The Morgan fingerprint density at radius 3 is 2.78 bits per heavy atom. The average Bonchev–Trinajstić information content (AvgIpc) is 2.98. The van der Waals surface area contributed by atoms with Crippen LogP contribution < -0.4 is 10.1 Å². The highest BCUT2D eigenvalue weighted by atomic mass is 79.9. The molecule has 5 nitrogen and oxygen atoms in total. The number of hydrogen-bond acceptors (Lipinski definition) is 5. The summed E-state index contributed by atoms with van der Waals surface area (Å²) in [5, 5.41) is 2.93. The van der Waals surface area contributed by atoms with Gasteiger partial charge in [-0.15, -0.1) is 0 Å². The van der Waals surface area contributed by atoms with E-state index in [1.54, 1.807) is 6.07 Å². The SMILES string of the molecule is COc1c(Br)cc(Br)cc1C(=O)Nc1c(C)ccc2nsnc12. The van der Waals surface area contributed by atoms with Gasteiger partial charge in [-0.2, -0.15) is 8.75 Å². The van der Waals surface area contributed by atoms with Crippen LogP contribution in [0.1, 0.15) is 15.9 Å². The lowest BCUT2D eigenvalue weighted by Gasteiger charge is -2.13. The molecule has 0 radical (unpaired) electrons. The van der Waals surface area contributed by atoms with E-state index in [2.05, 4.69) is 45.9 Å². The van der Waals surface area contributed by atoms with Gasteiger partial charge in [0.25, 0.3) is 5.91 Å². The number of fused-ring (bicyclic) bond motifs is 1. The van der Waals surface area contributed by atoms with Crippen molar-refractivity contribution in [1.29, 1.82) is 0 Å². The maximum Gasteiger partial charge on any atom is 0.259 e. The summed E-state index contributed by atoms with van der Waals surface area (Å²) in [7, 11) is 1.53. The molecule has 1 amide bonds. The molecule has 0 aliphatic carbocycles. The fourth-order valence-electron chi connectivity index (χ4n) is 2.23. The molecule has 0 aliphatic rings. The first-order valence-corrected chi connectivity index (χ1v) is 8.89.